The fourth-order valence-electron chi connectivity index (χ4n) is 1.14. The highest BCUT2D eigenvalue weighted by atomic mass is 16.2. The minimum absolute atomic E-state index is 0.125. The van der Waals surface area contributed by atoms with Gasteiger partial charge in [0, 0.05) is 6.54 Å². The van der Waals surface area contributed by atoms with Crippen LogP contribution in [0.3, 0.4) is 0 Å². The number of carbonyl (C=O) groups is 1. The average Bonchev–Trinajstić information content (AvgIpc) is 2.15. The molecule has 1 unspecified atom stereocenters. The van der Waals surface area contributed by atoms with Crippen molar-refractivity contribution >= 4 is 5.91 Å². The van der Waals surface area contributed by atoms with Crippen LogP contribution >= 0.6 is 0 Å². The van der Waals surface area contributed by atoms with Gasteiger partial charge in [-0.1, -0.05) is 12.2 Å². The lowest BCUT2D eigenvalue weighted by molar-refractivity contribution is -0.125. The van der Waals surface area contributed by atoms with Crippen LogP contribution in [0.5, 0.6) is 0 Å². The lowest BCUT2D eigenvalue weighted by Crippen LogP contribution is -2.28. The third kappa shape index (κ3) is 0.838. The van der Waals surface area contributed by atoms with Crippen LogP contribution in [-0.2, 0) is 4.79 Å². The first-order valence-electron chi connectivity index (χ1n) is 3.51. The van der Waals surface area contributed by atoms with Crippen LogP contribution < -0.4 is 5.32 Å². The lowest BCUT2D eigenvalue weighted by atomic mass is 9.82. The van der Waals surface area contributed by atoms with E-state index in [1.165, 1.54) is 0 Å². The maximum atomic E-state index is 11.2. The summed E-state index contributed by atoms with van der Waals surface area (Å²) in [5, 5.41) is 2.79. The molecule has 0 saturated carbocycles. The molecule has 1 aliphatic rings. The summed E-state index contributed by atoms with van der Waals surface area (Å²) in [6.45, 7) is 8.44. The van der Waals surface area contributed by atoms with Crippen LogP contribution in [-0.4, -0.2) is 12.5 Å². The van der Waals surface area contributed by atoms with E-state index in [0.717, 1.165) is 18.5 Å². The van der Waals surface area contributed by atoms with Gasteiger partial charge < -0.3 is 5.32 Å². The third-order valence-electron chi connectivity index (χ3n) is 2.35. The number of nitrogens with one attached hydrogen (secondary N) is 1. The van der Waals surface area contributed by atoms with E-state index in [1.54, 1.807) is 0 Å². The summed E-state index contributed by atoms with van der Waals surface area (Å²) in [4.78, 5) is 11.2. The van der Waals surface area contributed by atoms with Gasteiger partial charge in [-0.15, -0.1) is 0 Å². The predicted octanol–water partition coefficient (Wildman–Crippen LogP) is 1.09. The summed E-state index contributed by atoms with van der Waals surface area (Å²) < 4.78 is 0. The Hall–Kier alpha value is -0.790. The van der Waals surface area contributed by atoms with Crippen molar-refractivity contribution in [2.24, 2.45) is 5.41 Å². The van der Waals surface area contributed by atoms with E-state index in [9.17, 15) is 4.79 Å². The molecular formula is C8H13NO. The summed E-state index contributed by atoms with van der Waals surface area (Å²) in [5.74, 6) is 0.125. The lowest BCUT2D eigenvalue weighted by Gasteiger charge is -2.19. The number of amides is 1. The SMILES string of the molecule is C=C(C)C1(C)CCNC1=O. The summed E-state index contributed by atoms with van der Waals surface area (Å²) in [5.41, 5.74) is 0.669. The van der Waals surface area contributed by atoms with Gasteiger partial charge in [0.15, 0.2) is 0 Å². The molecule has 1 atom stereocenters. The van der Waals surface area contributed by atoms with Gasteiger partial charge in [0.05, 0.1) is 5.41 Å². The highest BCUT2D eigenvalue weighted by Crippen LogP contribution is 2.32. The molecule has 1 fully saturated rings. The molecule has 1 N–H and O–H groups in total. The van der Waals surface area contributed by atoms with E-state index < -0.39 is 0 Å². The smallest absolute Gasteiger partial charge is 0.230 e. The van der Waals surface area contributed by atoms with Gasteiger partial charge in [-0.25, -0.2) is 0 Å². The van der Waals surface area contributed by atoms with E-state index >= 15 is 0 Å². The quantitative estimate of drug-likeness (QED) is 0.541. The van der Waals surface area contributed by atoms with Crippen LogP contribution in [0.25, 0.3) is 0 Å². The zero-order valence-corrected chi connectivity index (χ0v) is 6.53. The maximum Gasteiger partial charge on any atom is 0.230 e. The van der Waals surface area contributed by atoms with Gasteiger partial charge >= 0.3 is 0 Å². The predicted molar refractivity (Wildman–Crippen MR) is 40.5 cm³/mol. The van der Waals surface area contributed by atoms with Crippen molar-refractivity contribution in [2.45, 2.75) is 20.3 Å². The number of hydrogen-bond donors (Lipinski definition) is 1. The second-order valence-corrected chi connectivity index (χ2v) is 3.12. The van der Waals surface area contributed by atoms with Crippen molar-refractivity contribution in [3.63, 3.8) is 0 Å². The van der Waals surface area contributed by atoms with Crippen molar-refractivity contribution in [2.75, 3.05) is 6.54 Å². The highest BCUT2D eigenvalue weighted by molar-refractivity contribution is 5.87. The second-order valence-electron chi connectivity index (χ2n) is 3.12. The van der Waals surface area contributed by atoms with E-state index in [0.29, 0.717) is 0 Å². The minimum atomic E-state index is -0.292. The first-order chi connectivity index (χ1) is 4.57. The van der Waals surface area contributed by atoms with Crippen molar-refractivity contribution in [1.29, 1.82) is 0 Å². The van der Waals surface area contributed by atoms with Gasteiger partial charge in [-0.05, 0) is 20.3 Å². The highest BCUT2D eigenvalue weighted by Gasteiger charge is 2.37. The normalized spacial score (nSPS) is 32.0. The standard InChI is InChI=1S/C8H13NO/c1-6(2)8(3)4-5-9-7(8)10/h1,4-5H2,2-3H3,(H,9,10). The number of hydrogen-bond acceptors (Lipinski definition) is 1. The van der Waals surface area contributed by atoms with Crippen LogP contribution in [0.4, 0.5) is 0 Å². The Morgan fingerprint density at radius 3 is 2.60 bits per heavy atom. The molecular weight excluding hydrogens is 126 g/mol. The Bertz CT molecular complexity index is 186. The Balaban J connectivity index is 2.86. The molecule has 0 bridgehead atoms. The van der Waals surface area contributed by atoms with E-state index in [2.05, 4.69) is 11.9 Å². The molecule has 1 heterocycles. The average molecular weight is 139 g/mol. The zero-order valence-electron chi connectivity index (χ0n) is 6.53. The number of carbonyl (C=O) groups excluding carboxylic acids is 1. The largest absolute Gasteiger partial charge is 0.355 e. The summed E-state index contributed by atoms with van der Waals surface area (Å²) in [7, 11) is 0. The molecule has 10 heavy (non-hydrogen) atoms. The Morgan fingerprint density at radius 1 is 1.80 bits per heavy atom. The van der Waals surface area contributed by atoms with E-state index in [1.807, 2.05) is 13.8 Å². The molecule has 0 aromatic heterocycles. The molecule has 0 aliphatic carbocycles. The molecule has 1 aliphatic heterocycles. The molecule has 1 rings (SSSR count). The van der Waals surface area contributed by atoms with E-state index in [-0.39, 0.29) is 11.3 Å². The molecule has 1 amide bonds. The van der Waals surface area contributed by atoms with Gasteiger partial charge in [-0.3, -0.25) is 4.79 Å². The van der Waals surface area contributed by atoms with Gasteiger partial charge in [0.2, 0.25) is 5.91 Å². The molecule has 0 aromatic rings. The summed E-state index contributed by atoms with van der Waals surface area (Å²) in [6.07, 6.45) is 0.890. The summed E-state index contributed by atoms with van der Waals surface area (Å²) >= 11 is 0. The van der Waals surface area contributed by atoms with E-state index in [4.69, 9.17) is 0 Å². The Kier molecular flexibility index (Phi) is 1.55. The fraction of sp³-hybridized carbons (Fsp3) is 0.625. The fourth-order valence-corrected chi connectivity index (χ4v) is 1.14. The molecule has 0 aromatic carbocycles. The van der Waals surface area contributed by atoms with Crippen LogP contribution in [0.1, 0.15) is 20.3 Å². The van der Waals surface area contributed by atoms with Gasteiger partial charge in [0.1, 0.15) is 0 Å². The zero-order chi connectivity index (χ0) is 7.78. The topological polar surface area (TPSA) is 29.1 Å². The van der Waals surface area contributed by atoms with Crippen molar-refractivity contribution in [1.82, 2.24) is 5.32 Å². The van der Waals surface area contributed by atoms with Crippen LogP contribution in [0, 0.1) is 5.41 Å². The van der Waals surface area contributed by atoms with Crippen molar-refractivity contribution < 1.29 is 4.79 Å². The molecule has 2 heteroatoms. The van der Waals surface area contributed by atoms with Crippen molar-refractivity contribution in [3.8, 4) is 0 Å². The minimum Gasteiger partial charge on any atom is -0.355 e. The molecule has 1 saturated heterocycles. The first kappa shape index (κ1) is 7.32. The van der Waals surface area contributed by atoms with Gasteiger partial charge in [0.25, 0.3) is 0 Å². The Labute approximate surface area is 61.3 Å². The monoisotopic (exact) mass is 139 g/mol. The first-order valence-corrected chi connectivity index (χ1v) is 3.51. The Morgan fingerprint density at radius 2 is 2.40 bits per heavy atom. The molecule has 2 nitrogen and oxygen atoms in total. The second kappa shape index (κ2) is 2.11. The summed E-state index contributed by atoms with van der Waals surface area (Å²) in [6, 6.07) is 0. The van der Waals surface area contributed by atoms with Gasteiger partial charge in [-0.2, -0.15) is 0 Å². The maximum absolute atomic E-state index is 11.2. The van der Waals surface area contributed by atoms with Crippen LogP contribution in [0.2, 0.25) is 0 Å². The number of rotatable bonds is 1. The van der Waals surface area contributed by atoms with Crippen LogP contribution in [0.15, 0.2) is 12.2 Å². The molecule has 56 valence electrons. The van der Waals surface area contributed by atoms with Crippen molar-refractivity contribution in [3.05, 3.63) is 12.2 Å². The molecule has 0 radical (unpaired) electrons. The third-order valence-corrected chi connectivity index (χ3v) is 2.35. The molecule has 0 spiro atoms.